The monoisotopic (exact) mass is 290 g/mol. The minimum absolute atomic E-state index is 0.175. The molecule has 112 valence electrons. The van der Waals surface area contributed by atoms with E-state index in [1.165, 1.54) is 20.8 Å². The highest BCUT2D eigenvalue weighted by Gasteiger charge is 2.40. The number of carbonyl (C=O) groups excluding carboxylic acids is 1. The van der Waals surface area contributed by atoms with E-state index in [0.29, 0.717) is 4.90 Å². The van der Waals surface area contributed by atoms with Gasteiger partial charge >= 0.3 is 12.3 Å². The average molecular weight is 290 g/mol. The summed E-state index contributed by atoms with van der Waals surface area (Å²) in [5.41, 5.74) is -1.36. The van der Waals surface area contributed by atoms with E-state index in [-0.39, 0.29) is 11.8 Å². The molecule has 1 rings (SSSR count). The Morgan fingerprint density at radius 2 is 1.89 bits per heavy atom. The highest BCUT2D eigenvalue weighted by atomic mass is 19.4. The van der Waals surface area contributed by atoms with Gasteiger partial charge in [-0.15, -0.1) is 0 Å². The van der Waals surface area contributed by atoms with Crippen LogP contribution < -0.4 is 0 Å². The highest BCUT2D eigenvalue weighted by Crippen LogP contribution is 2.23. The van der Waals surface area contributed by atoms with Crippen molar-refractivity contribution in [2.24, 2.45) is 0 Å². The number of alkyl halides is 3. The van der Waals surface area contributed by atoms with Crippen molar-refractivity contribution in [2.75, 3.05) is 26.0 Å². The molecular weight excluding hydrogens is 261 g/mol. The molecule has 0 aliphatic carbocycles. The number of hydrogen-bond donors (Lipinski definition) is 0. The molecule has 0 saturated carbocycles. The second kappa shape index (κ2) is 5.56. The van der Waals surface area contributed by atoms with Gasteiger partial charge in [0.25, 0.3) is 0 Å². The Bertz CT molecular complexity index is 606. The number of rotatable bonds is 1. The lowest BCUT2D eigenvalue weighted by atomic mass is 10.1. The van der Waals surface area contributed by atoms with Gasteiger partial charge in [0.15, 0.2) is 6.08 Å². The molecule has 7 heteroatoms. The molecule has 0 aromatic rings. The maximum Gasteiger partial charge on any atom is 0.425 e. The van der Waals surface area contributed by atoms with Crippen LogP contribution in [-0.2, 0) is 4.74 Å². The van der Waals surface area contributed by atoms with Gasteiger partial charge in [0.2, 0.25) is 0 Å². The topological polar surface area (TPSA) is 32.8 Å². The van der Waals surface area contributed by atoms with E-state index in [2.05, 4.69) is 4.74 Å². The second-order valence-electron chi connectivity index (χ2n) is 4.78. The van der Waals surface area contributed by atoms with Crippen molar-refractivity contribution in [3.63, 3.8) is 0 Å². The Balaban J connectivity index is 3.49. The number of nitrogens with zero attached hydrogens (tertiary/aromatic N) is 2. The maximum absolute atomic E-state index is 12.8. The normalized spacial score (nSPS) is 39.9. The first kappa shape index (κ1) is 7.71. The fourth-order valence-corrected chi connectivity index (χ4v) is 0.982. The third-order valence-electron chi connectivity index (χ3n) is 2.11. The lowest BCUT2D eigenvalue weighted by Gasteiger charge is -2.42. The molecule has 0 aromatic heterocycles. The molecule has 2 atom stereocenters. The van der Waals surface area contributed by atoms with E-state index in [1.54, 1.807) is 0 Å². The molecular formula is C12H21F3N2O2. The van der Waals surface area contributed by atoms with Crippen molar-refractivity contribution in [1.29, 1.82) is 0 Å². The molecule has 0 aromatic carbocycles. The summed E-state index contributed by atoms with van der Waals surface area (Å²) >= 11 is 0. The van der Waals surface area contributed by atoms with Gasteiger partial charge < -0.3 is 9.64 Å². The summed E-state index contributed by atoms with van der Waals surface area (Å²) in [7, 11) is 0. The molecule has 0 spiro atoms. The first-order valence-corrected chi connectivity index (χ1v) is 5.34. The molecule has 1 aliphatic heterocycles. The Hall–Kier alpha value is -0.980. The number of carbonyl (C=O) groups is 1. The molecule has 2 unspecified atom stereocenters. The van der Waals surface area contributed by atoms with Gasteiger partial charge in [-0.3, -0.25) is 4.90 Å². The van der Waals surface area contributed by atoms with Crippen molar-refractivity contribution in [2.45, 2.75) is 45.5 Å². The zero-order valence-electron chi connectivity index (χ0n) is 18.9. The summed E-state index contributed by atoms with van der Waals surface area (Å²) in [5, 5.41) is 0. The van der Waals surface area contributed by atoms with E-state index in [0.717, 1.165) is 0 Å². The summed E-state index contributed by atoms with van der Waals surface area (Å²) in [6.07, 6.45) is -11.3. The number of ether oxygens (including phenoxy) is 1. The first-order valence-electron chi connectivity index (χ1n) is 9.42. The Morgan fingerprint density at radius 3 is 2.37 bits per heavy atom. The number of amides is 1. The zero-order valence-corrected chi connectivity index (χ0v) is 10.9. The Kier molecular flexibility index (Phi) is 2.26. The predicted octanol–water partition coefficient (Wildman–Crippen LogP) is 2.49. The van der Waals surface area contributed by atoms with E-state index in [4.69, 9.17) is 11.0 Å². The maximum atomic E-state index is 12.8. The van der Waals surface area contributed by atoms with Gasteiger partial charge in [0.1, 0.15) is 0 Å². The lowest BCUT2D eigenvalue weighted by molar-refractivity contribution is -0.200. The minimum Gasteiger partial charge on any atom is -0.437 e. The van der Waals surface area contributed by atoms with E-state index in [9.17, 15) is 18.0 Å². The fraction of sp³-hybridized carbons (Fsp3) is 0.917. The van der Waals surface area contributed by atoms with Crippen LogP contribution in [0.5, 0.6) is 0 Å². The standard InChI is InChI=1S/C12H21F3N2O2/c1-9(12(13,14)15)19-10(18)16-5-7-17(8-6-16)11(2,3)4/h9H,5-8H2,1-4H3/i5D,6D2,7D2,8D2,9D. The van der Waals surface area contributed by atoms with Crippen LogP contribution in [0.1, 0.15) is 38.7 Å². The van der Waals surface area contributed by atoms with Crippen molar-refractivity contribution in [1.82, 2.24) is 9.80 Å². The van der Waals surface area contributed by atoms with Crippen LogP contribution in [0.2, 0.25) is 0 Å². The van der Waals surface area contributed by atoms with Gasteiger partial charge in [-0.2, -0.15) is 13.2 Å². The molecule has 1 saturated heterocycles. The van der Waals surface area contributed by atoms with Gasteiger partial charge in [0.05, 0.1) is 5.48 Å². The van der Waals surface area contributed by atoms with Crippen molar-refractivity contribution in [3.8, 4) is 0 Å². The predicted molar refractivity (Wildman–Crippen MR) is 64.9 cm³/mol. The summed E-state index contributed by atoms with van der Waals surface area (Å²) in [4.78, 5) is 12.2. The SMILES string of the molecule is [2H]C1N(C(=O)OC([2H])(C)C(F)(F)F)C([2H])([2H])C([2H])([2H])N(C(C)(C)C)C1([2H])[2H]. The third-order valence-corrected chi connectivity index (χ3v) is 2.11. The lowest BCUT2D eigenvalue weighted by Crippen LogP contribution is -2.55. The van der Waals surface area contributed by atoms with Crippen molar-refractivity contribution < 1.29 is 33.7 Å². The van der Waals surface area contributed by atoms with Crippen LogP contribution in [0.15, 0.2) is 0 Å². The summed E-state index contributed by atoms with van der Waals surface area (Å²) in [6.45, 7) is -7.94. The summed E-state index contributed by atoms with van der Waals surface area (Å²) in [5.74, 6) is 0. The van der Waals surface area contributed by atoms with Gasteiger partial charge in [0, 0.05) is 37.0 Å². The molecule has 1 aliphatic rings. The number of piperazine rings is 1. The molecule has 4 nitrogen and oxygen atoms in total. The van der Waals surface area contributed by atoms with Gasteiger partial charge in [-0.05, 0) is 27.7 Å². The Labute approximate surface area is 122 Å². The van der Waals surface area contributed by atoms with Crippen molar-refractivity contribution >= 4 is 6.09 Å². The van der Waals surface area contributed by atoms with Crippen LogP contribution in [0.25, 0.3) is 0 Å². The molecule has 19 heavy (non-hydrogen) atoms. The molecule has 1 heterocycles. The summed E-state index contributed by atoms with van der Waals surface area (Å²) in [6, 6.07) is 0. The molecule has 0 bridgehead atoms. The zero-order chi connectivity index (χ0) is 22.0. The first-order chi connectivity index (χ1) is 11.5. The molecule has 1 amide bonds. The van der Waals surface area contributed by atoms with E-state index >= 15 is 0 Å². The largest absolute Gasteiger partial charge is 0.437 e. The van der Waals surface area contributed by atoms with Crippen LogP contribution in [0.4, 0.5) is 18.0 Å². The van der Waals surface area contributed by atoms with Crippen molar-refractivity contribution in [3.05, 3.63) is 0 Å². The molecule has 0 radical (unpaired) electrons. The van der Waals surface area contributed by atoms with Gasteiger partial charge in [-0.1, -0.05) is 0 Å². The van der Waals surface area contributed by atoms with Crippen LogP contribution in [0, 0.1) is 0 Å². The van der Waals surface area contributed by atoms with Gasteiger partial charge in [-0.25, -0.2) is 4.79 Å². The second-order valence-corrected chi connectivity index (χ2v) is 4.78. The van der Waals surface area contributed by atoms with Crippen LogP contribution in [0.3, 0.4) is 0 Å². The number of halogens is 3. The highest BCUT2D eigenvalue weighted by molar-refractivity contribution is 5.68. The van der Waals surface area contributed by atoms with Crippen LogP contribution in [-0.4, -0.2) is 59.7 Å². The smallest absolute Gasteiger partial charge is 0.425 e. The average Bonchev–Trinajstić information content (AvgIpc) is 2.31. The quantitative estimate of drug-likeness (QED) is 0.744. The van der Waals surface area contributed by atoms with E-state index in [1.807, 2.05) is 0 Å². The summed E-state index contributed by atoms with van der Waals surface area (Å²) < 4.78 is 105. The molecule has 0 N–H and O–H groups in total. The van der Waals surface area contributed by atoms with Crippen LogP contribution >= 0.6 is 0 Å². The number of hydrogen-bond acceptors (Lipinski definition) is 3. The minimum atomic E-state index is -5.35. The molecule has 1 fully saturated rings. The fourth-order valence-electron chi connectivity index (χ4n) is 0.982. The Morgan fingerprint density at radius 1 is 1.32 bits per heavy atom. The third kappa shape index (κ3) is 4.56. The van der Waals surface area contributed by atoms with E-state index < -0.39 is 49.9 Å².